The number of hydrogen-bond donors (Lipinski definition) is 2. The van der Waals surface area contributed by atoms with E-state index in [2.05, 4.69) is 0 Å². The molecule has 1 aliphatic rings. The molecule has 14 heavy (non-hydrogen) atoms. The van der Waals surface area contributed by atoms with Gasteiger partial charge in [0, 0.05) is 5.56 Å². The molecule has 0 unspecified atom stereocenters. The summed E-state index contributed by atoms with van der Waals surface area (Å²) in [6, 6.07) is 5.42. The summed E-state index contributed by atoms with van der Waals surface area (Å²) in [6.45, 7) is 1.97. The Morgan fingerprint density at radius 2 is 1.86 bits per heavy atom. The molecule has 1 fully saturated rings. The van der Waals surface area contributed by atoms with Crippen molar-refractivity contribution in [3.05, 3.63) is 29.3 Å². The SMILES string of the molecule is Cc1ccc(O)c(C2(O)CCCC2)c1. The maximum absolute atomic E-state index is 10.3. The third-order valence-electron chi connectivity index (χ3n) is 3.08. The summed E-state index contributed by atoms with van der Waals surface area (Å²) in [5.41, 5.74) is 1.00. The Balaban J connectivity index is 2.44. The Morgan fingerprint density at radius 1 is 1.21 bits per heavy atom. The molecule has 76 valence electrons. The van der Waals surface area contributed by atoms with Gasteiger partial charge in [-0.05, 0) is 31.9 Å². The fraction of sp³-hybridized carbons (Fsp3) is 0.500. The normalized spacial score (nSPS) is 19.9. The van der Waals surface area contributed by atoms with Gasteiger partial charge >= 0.3 is 0 Å². The maximum atomic E-state index is 10.3. The molecule has 0 aromatic heterocycles. The first-order valence-electron chi connectivity index (χ1n) is 5.14. The van der Waals surface area contributed by atoms with Crippen LogP contribution in [0.5, 0.6) is 5.75 Å². The molecule has 0 heterocycles. The van der Waals surface area contributed by atoms with Gasteiger partial charge in [0.05, 0.1) is 5.60 Å². The van der Waals surface area contributed by atoms with Crippen LogP contribution < -0.4 is 0 Å². The van der Waals surface area contributed by atoms with Crippen molar-refractivity contribution >= 4 is 0 Å². The van der Waals surface area contributed by atoms with Crippen molar-refractivity contribution < 1.29 is 10.2 Å². The minimum absolute atomic E-state index is 0.222. The zero-order chi connectivity index (χ0) is 10.2. The first-order valence-corrected chi connectivity index (χ1v) is 5.14. The third kappa shape index (κ3) is 1.50. The molecular formula is C12H16O2. The average molecular weight is 192 g/mol. The van der Waals surface area contributed by atoms with Crippen molar-refractivity contribution in [3.8, 4) is 5.75 Å². The summed E-state index contributed by atoms with van der Waals surface area (Å²) in [5, 5.41) is 20.0. The van der Waals surface area contributed by atoms with Crippen LogP contribution >= 0.6 is 0 Å². The second kappa shape index (κ2) is 3.28. The van der Waals surface area contributed by atoms with Gasteiger partial charge in [-0.15, -0.1) is 0 Å². The van der Waals surface area contributed by atoms with Crippen LogP contribution in [0.2, 0.25) is 0 Å². The molecule has 2 rings (SSSR count). The fourth-order valence-corrected chi connectivity index (χ4v) is 2.25. The lowest BCUT2D eigenvalue weighted by molar-refractivity contribution is 0.0420. The molecule has 0 bridgehead atoms. The quantitative estimate of drug-likeness (QED) is 0.717. The van der Waals surface area contributed by atoms with Gasteiger partial charge in [-0.2, -0.15) is 0 Å². The Hall–Kier alpha value is -1.02. The number of aromatic hydroxyl groups is 1. The minimum Gasteiger partial charge on any atom is -0.508 e. The van der Waals surface area contributed by atoms with Crippen LogP contribution in [0.15, 0.2) is 18.2 Å². The molecule has 1 aliphatic carbocycles. The van der Waals surface area contributed by atoms with Crippen molar-refractivity contribution in [1.29, 1.82) is 0 Å². The lowest BCUT2D eigenvalue weighted by atomic mass is 9.90. The van der Waals surface area contributed by atoms with E-state index in [4.69, 9.17) is 0 Å². The van der Waals surface area contributed by atoms with Crippen LogP contribution in [-0.2, 0) is 5.60 Å². The molecule has 0 radical (unpaired) electrons. The smallest absolute Gasteiger partial charge is 0.121 e. The molecule has 0 atom stereocenters. The Bertz CT molecular complexity index is 338. The van der Waals surface area contributed by atoms with E-state index >= 15 is 0 Å². The number of phenolic OH excluding ortho intramolecular Hbond substituents is 1. The second-order valence-corrected chi connectivity index (χ2v) is 4.26. The summed E-state index contributed by atoms with van der Waals surface area (Å²) >= 11 is 0. The van der Waals surface area contributed by atoms with E-state index in [0.717, 1.165) is 31.2 Å². The zero-order valence-electron chi connectivity index (χ0n) is 8.45. The van der Waals surface area contributed by atoms with Crippen LogP contribution in [0.4, 0.5) is 0 Å². The molecule has 1 aromatic carbocycles. The standard InChI is InChI=1S/C12H16O2/c1-9-4-5-11(13)10(8-9)12(14)6-2-3-7-12/h4-5,8,13-14H,2-3,6-7H2,1H3. The molecular weight excluding hydrogens is 176 g/mol. The van der Waals surface area contributed by atoms with E-state index in [1.54, 1.807) is 6.07 Å². The van der Waals surface area contributed by atoms with Crippen LogP contribution in [0.1, 0.15) is 36.8 Å². The monoisotopic (exact) mass is 192 g/mol. The summed E-state index contributed by atoms with van der Waals surface area (Å²) in [4.78, 5) is 0. The van der Waals surface area contributed by atoms with Gasteiger partial charge in [-0.25, -0.2) is 0 Å². The number of phenols is 1. The molecule has 0 aliphatic heterocycles. The van der Waals surface area contributed by atoms with Crippen molar-refractivity contribution in [2.45, 2.75) is 38.2 Å². The molecule has 2 nitrogen and oxygen atoms in total. The molecule has 0 spiro atoms. The summed E-state index contributed by atoms with van der Waals surface area (Å²) < 4.78 is 0. The van der Waals surface area contributed by atoms with Gasteiger partial charge in [-0.1, -0.05) is 24.5 Å². The molecule has 0 amide bonds. The summed E-state index contributed by atoms with van der Waals surface area (Å²) in [5.74, 6) is 0.222. The second-order valence-electron chi connectivity index (χ2n) is 4.26. The largest absolute Gasteiger partial charge is 0.508 e. The van der Waals surface area contributed by atoms with Gasteiger partial charge in [-0.3, -0.25) is 0 Å². The van der Waals surface area contributed by atoms with Gasteiger partial charge in [0.2, 0.25) is 0 Å². The highest BCUT2D eigenvalue weighted by atomic mass is 16.3. The van der Waals surface area contributed by atoms with Crippen LogP contribution in [-0.4, -0.2) is 10.2 Å². The van der Waals surface area contributed by atoms with Gasteiger partial charge < -0.3 is 10.2 Å². The van der Waals surface area contributed by atoms with E-state index in [1.807, 2.05) is 19.1 Å². The van der Waals surface area contributed by atoms with Crippen molar-refractivity contribution in [3.63, 3.8) is 0 Å². The highest BCUT2D eigenvalue weighted by Gasteiger charge is 2.35. The van der Waals surface area contributed by atoms with E-state index in [1.165, 1.54) is 0 Å². The number of benzene rings is 1. The average Bonchev–Trinajstić information content (AvgIpc) is 2.58. The van der Waals surface area contributed by atoms with Crippen LogP contribution in [0.3, 0.4) is 0 Å². The molecule has 2 heteroatoms. The number of rotatable bonds is 1. The predicted molar refractivity (Wildman–Crippen MR) is 55.2 cm³/mol. The van der Waals surface area contributed by atoms with Gasteiger partial charge in [0.25, 0.3) is 0 Å². The number of aryl methyl sites for hydroxylation is 1. The summed E-state index contributed by atoms with van der Waals surface area (Å²) in [7, 11) is 0. The Morgan fingerprint density at radius 3 is 2.50 bits per heavy atom. The number of aliphatic hydroxyl groups is 1. The van der Waals surface area contributed by atoms with E-state index in [0.29, 0.717) is 5.56 Å². The molecule has 2 N–H and O–H groups in total. The molecule has 1 saturated carbocycles. The molecule has 0 saturated heterocycles. The van der Waals surface area contributed by atoms with Gasteiger partial charge in [0.1, 0.15) is 5.75 Å². The van der Waals surface area contributed by atoms with Crippen LogP contribution in [0, 0.1) is 6.92 Å². The Kier molecular flexibility index (Phi) is 2.23. The van der Waals surface area contributed by atoms with Crippen molar-refractivity contribution in [2.24, 2.45) is 0 Å². The maximum Gasteiger partial charge on any atom is 0.121 e. The van der Waals surface area contributed by atoms with E-state index < -0.39 is 5.60 Å². The zero-order valence-corrected chi connectivity index (χ0v) is 8.45. The van der Waals surface area contributed by atoms with E-state index in [9.17, 15) is 10.2 Å². The lowest BCUT2D eigenvalue weighted by Gasteiger charge is -2.23. The summed E-state index contributed by atoms with van der Waals surface area (Å²) in [6.07, 6.45) is 3.63. The first-order chi connectivity index (χ1) is 6.62. The van der Waals surface area contributed by atoms with Crippen LogP contribution in [0.25, 0.3) is 0 Å². The molecule has 1 aromatic rings. The highest BCUT2D eigenvalue weighted by Crippen LogP contribution is 2.42. The van der Waals surface area contributed by atoms with Crippen molar-refractivity contribution in [2.75, 3.05) is 0 Å². The van der Waals surface area contributed by atoms with Crippen molar-refractivity contribution in [1.82, 2.24) is 0 Å². The lowest BCUT2D eigenvalue weighted by Crippen LogP contribution is -2.21. The topological polar surface area (TPSA) is 40.5 Å². The predicted octanol–water partition coefficient (Wildman–Crippen LogP) is 2.46. The minimum atomic E-state index is -0.782. The van der Waals surface area contributed by atoms with E-state index in [-0.39, 0.29) is 5.75 Å². The highest BCUT2D eigenvalue weighted by molar-refractivity contribution is 5.40. The fourth-order valence-electron chi connectivity index (χ4n) is 2.25. The number of hydrogen-bond acceptors (Lipinski definition) is 2. The van der Waals surface area contributed by atoms with Gasteiger partial charge in [0.15, 0.2) is 0 Å². The third-order valence-corrected chi connectivity index (χ3v) is 3.08. The Labute approximate surface area is 84.2 Å². The first kappa shape index (κ1) is 9.53.